The molecule has 3 saturated carbocycles. The van der Waals surface area contributed by atoms with Gasteiger partial charge in [-0.25, -0.2) is 0 Å². The molecule has 20 heavy (non-hydrogen) atoms. The van der Waals surface area contributed by atoms with Crippen LogP contribution in [0.4, 0.5) is 0 Å². The minimum Gasteiger partial charge on any atom is -0.298 e. The first-order chi connectivity index (χ1) is 9.64. The molecule has 0 aromatic carbocycles. The number of Topliss-reactive ketones (excluding diaryl/α,β-unsaturated/α-hetero) is 1. The summed E-state index contributed by atoms with van der Waals surface area (Å²) in [5.41, 5.74) is 0.312. The Bertz CT molecular complexity index is 354. The molecule has 0 aliphatic heterocycles. The van der Waals surface area contributed by atoms with E-state index in [0.717, 1.165) is 11.8 Å². The summed E-state index contributed by atoms with van der Waals surface area (Å²) in [4.78, 5) is 13.0. The van der Waals surface area contributed by atoms with Crippen LogP contribution < -0.4 is 0 Å². The minimum atomic E-state index is 0.156. The van der Waals surface area contributed by atoms with Crippen molar-refractivity contribution in [3.63, 3.8) is 0 Å². The summed E-state index contributed by atoms with van der Waals surface area (Å²) in [5.74, 6) is 2.53. The van der Waals surface area contributed by atoms with Crippen molar-refractivity contribution < 1.29 is 4.79 Å². The lowest BCUT2D eigenvalue weighted by Crippen LogP contribution is -2.59. The van der Waals surface area contributed by atoms with Crippen molar-refractivity contribution in [3.8, 4) is 0 Å². The van der Waals surface area contributed by atoms with Crippen LogP contribution in [0.2, 0.25) is 0 Å². The Morgan fingerprint density at radius 1 is 0.900 bits per heavy atom. The zero-order valence-corrected chi connectivity index (χ0v) is 13.5. The van der Waals surface area contributed by atoms with Gasteiger partial charge < -0.3 is 0 Å². The Morgan fingerprint density at radius 3 is 1.80 bits per heavy atom. The van der Waals surface area contributed by atoms with E-state index in [9.17, 15) is 4.79 Å². The first-order valence-corrected chi connectivity index (χ1v) is 9.19. The van der Waals surface area contributed by atoms with E-state index in [0.29, 0.717) is 5.78 Å². The lowest BCUT2D eigenvalue weighted by molar-refractivity contribution is -0.169. The molecule has 0 atom stereocenters. The van der Waals surface area contributed by atoms with Crippen molar-refractivity contribution in [2.75, 3.05) is 0 Å². The van der Waals surface area contributed by atoms with E-state index in [4.69, 9.17) is 0 Å². The molecule has 3 fully saturated rings. The maximum Gasteiger partial charge on any atom is 0.145 e. The summed E-state index contributed by atoms with van der Waals surface area (Å²) in [6.07, 6.45) is 15.4. The molecule has 0 heterocycles. The molecular formula is C19H32O. The normalized spacial score (nSPS) is 44.8. The number of rotatable bonds is 3. The molecule has 3 aliphatic rings. The molecule has 0 unspecified atom stereocenters. The molecule has 0 aromatic heterocycles. The first kappa shape index (κ1) is 14.6. The Hall–Kier alpha value is -0.330. The Kier molecular flexibility index (Phi) is 3.99. The molecule has 0 bridgehead atoms. The molecule has 2 spiro atoms. The molecule has 1 heteroatoms. The van der Waals surface area contributed by atoms with E-state index in [1.165, 1.54) is 77.0 Å². The highest BCUT2D eigenvalue weighted by atomic mass is 16.1. The van der Waals surface area contributed by atoms with Gasteiger partial charge >= 0.3 is 0 Å². The van der Waals surface area contributed by atoms with Crippen LogP contribution in [0.5, 0.6) is 0 Å². The Balaban J connectivity index is 1.57. The average Bonchev–Trinajstić information content (AvgIpc) is 2.50. The zero-order valence-electron chi connectivity index (χ0n) is 13.5. The van der Waals surface area contributed by atoms with Crippen LogP contribution >= 0.6 is 0 Å². The van der Waals surface area contributed by atoms with Crippen molar-refractivity contribution in [3.05, 3.63) is 0 Å². The van der Waals surface area contributed by atoms with Crippen molar-refractivity contribution in [2.45, 2.75) is 90.9 Å². The fraction of sp³-hybridized carbons (Fsp3) is 0.947. The molecule has 0 N–H and O–H groups in total. The lowest BCUT2D eigenvalue weighted by atomic mass is 9.43. The first-order valence-electron chi connectivity index (χ1n) is 9.19. The minimum absolute atomic E-state index is 0.156. The molecule has 1 nitrogen and oxygen atoms in total. The highest BCUT2D eigenvalue weighted by Crippen LogP contribution is 2.64. The van der Waals surface area contributed by atoms with Gasteiger partial charge in [0.05, 0.1) is 0 Å². The third-order valence-corrected chi connectivity index (χ3v) is 7.04. The summed E-state index contributed by atoms with van der Waals surface area (Å²) >= 11 is 0. The number of hydrogen-bond donors (Lipinski definition) is 0. The second-order valence-electron chi connectivity index (χ2n) is 8.15. The fourth-order valence-electron chi connectivity index (χ4n) is 5.64. The summed E-state index contributed by atoms with van der Waals surface area (Å²) in [6, 6.07) is 0. The lowest BCUT2D eigenvalue weighted by Gasteiger charge is -2.59. The van der Waals surface area contributed by atoms with Crippen LogP contribution in [0.25, 0.3) is 0 Å². The van der Waals surface area contributed by atoms with E-state index in [-0.39, 0.29) is 10.8 Å². The Labute approximate surface area is 124 Å². The third kappa shape index (κ3) is 2.25. The quantitative estimate of drug-likeness (QED) is 0.663. The average molecular weight is 276 g/mol. The summed E-state index contributed by atoms with van der Waals surface area (Å²) in [7, 11) is 0. The monoisotopic (exact) mass is 276 g/mol. The highest BCUT2D eigenvalue weighted by molar-refractivity contribution is 5.96. The van der Waals surface area contributed by atoms with E-state index in [1.807, 2.05) is 0 Å². The summed E-state index contributed by atoms with van der Waals surface area (Å²) in [6.45, 7) is 4.60. The van der Waals surface area contributed by atoms with Gasteiger partial charge in [-0.1, -0.05) is 33.1 Å². The largest absolute Gasteiger partial charge is 0.298 e. The van der Waals surface area contributed by atoms with Gasteiger partial charge in [-0.15, -0.1) is 0 Å². The van der Waals surface area contributed by atoms with E-state index < -0.39 is 0 Å². The standard InChI is InChI=1S/C19H32O/c1-3-5-16-8-12-19(13-9-16)14-18(17(19)20)10-6-15(4-2)7-11-18/h15-16H,3-14H2,1-2H3/t15?,16-,18-,19-. The van der Waals surface area contributed by atoms with Gasteiger partial charge in [-0.05, 0) is 69.6 Å². The van der Waals surface area contributed by atoms with Gasteiger partial charge in [-0.2, -0.15) is 0 Å². The number of carbonyl (C=O) groups excluding carboxylic acids is 1. The van der Waals surface area contributed by atoms with Crippen molar-refractivity contribution in [2.24, 2.45) is 22.7 Å². The van der Waals surface area contributed by atoms with Crippen LogP contribution in [0, 0.1) is 22.7 Å². The smallest absolute Gasteiger partial charge is 0.145 e. The molecule has 0 saturated heterocycles. The number of ketones is 1. The van der Waals surface area contributed by atoms with E-state index in [1.54, 1.807) is 0 Å². The van der Waals surface area contributed by atoms with Gasteiger partial charge in [0.25, 0.3) is 0 Å². The molecule has 0 amide bonds. The molecule has 3 aliphatic carbocycles. The van der Waals surface area contributed by atoms with Crippen LogP contribution in [0.15, 0.2) is 0 Å². The number of carbonyl (C=O) groups is 1. The van der Waals surface area contributed by atoms with Crippen LogP contribution in [-0.4, -0.2) is 5.78 Å². The van der Waals surface area contributed by atoms with Gasteiger partial charge in [-0.3, -0.25) is 4.79 Å². The molecule has 114 valence electrons. The van der Waals surface area contributed by atoms with Gasteiger partial charge in [0.1, 0.15) is 5.78 Å². The number of hydrogen-bond acceptors (Lipinski definition) is 1. The second-order valence-corrected chi connectivity index (χ2v) is 8.15. The highest BCUT2D eigenvalue weighted by Gasteiger charge is 2.62. The van der Waals surface area contributed by atoms with Crippen LogP contribution in [0.3, 0.4) is 0 Å². The maximum atomic E-state index is 13.0. The molecule has 0 radical (unpaired) electrons. The fourth-order valence-corrected chi connectivity index (χ4v) is 5.64. The van der Waals surface area contributed by atoms with E-state index in [2.05, 4.69) is 13.8 Å². The van der Waals surface area contributed by atoms with Gasteiger partial charge in [0.2, 0.25) is 0 Å². The Morgan fingerprint density at radius 2 is 1.40 bits per heavy atom. The SMILES string of the molecule is CCC[C@H]1CC[C@]2(CC1)C[C@@]1(CCC(CC)CC1)C2=O. The predicted molar refractivity (Wildman–Crippen MR) is 83.6 cm³/mol. The maximum absolute atomic E-state index is 13.0. The van der Waals surface area contributed by atoms with Crippen LogP contribution in [-0.2, 0) is 4.79 Å². The topological polar surface area (TPSA) is 17.1 Å². The zero-order chi connectivity index (χ0) is 14.2. The summed E-state index contributed by atoms with van der Waals surface area (Å²) < 4.78 is 0. The van der Waals surface area contributed by atoms with Crippen LogP contribution in [0.1, 0.15) is 90.9 Å². The van der Waals surface area contributed by atoms with Gasteiger partial charge in [0.15, 0.2) is 0 Å². The van der Waals surface area contributed by atoms with E-state index >= 15 is 0 Å². The van der Waals surface area contributed by atoms with Gasteiger partial charge in [0, 0.05) is 10.8 Å². The second kappa shape index (κ2) is 5.46. The molecule has 3 rings (SSSR count). The van der Waals surface area contributed by atoms with Crippen molar-refractivity contribution >= 4 is 5.78 Å². The molecular weight excluding hydrogens is 244 g/mol. The third-order valence-electron chi connectivity index (χ3n) is 7.04. The predicted octanol–water partition coefficient (Wildman–Crippen LogP) is 5.52. The van der Waals surface area contributed by atoms with Crippen molar-refractivity contribution in [1.82, 2.24) is 0 Å². The van der Waals surface area contributed by atoms with Crippen molar-refractivity contribution in [1.29, 1.82) is 0 Å². The molecule has 0 aromatic rings. The summed E-state index contributed by atoms with van der Waals surface area (Å²) in [5, 5.41) is 0.